The third kappa shape index (κ3) is 3.28. The molecule has 2 aromatic rings. The minimum atomic E-state index is 0.605. The van der Waals surface area contributed by atoms with Gasteiger partial charge in [0, 0.05) is 17.4 Å². The van der Waals surface area contributed by atoms with Crippen molar-refractivity contribution in [2.75, 3.05) is 6.61 Å². The van der Waals surface area contributed by atoms with E-state index in [1.165, 1.54) is 11.2 Å². The number of thiophene rings is 1. The highest BCUT2D eigenvalue weighted by Gasteiger charge is 1.98. The van der Waals surface area contributed by atoms with Gasteiger partial charge in [0.25, 0.3) is 0 Å². The lowest BCUT2D eigenvalue weighted by atomic mass is 10.4. The minimum absolute atomic E-state index is 0.605. The summed E-state index contributed by atoms with van der Waals surface area (Å²) in [7, 11) is 0. The van der Waals surface area contributed by atoms with E-state index in [9.17, 15) is 0 Å². The van der Waals surface area contributed by atoms with Gasteiger partial charge >= 0.3 is 0 Å². The van der Waals surface area contributed by atoms with Gasteiger partial charge in [0.05, 0.1) is 6.61 Å². The second-order valence-electron chi connectivity index (χ2n) is 2.86. The summed E-state index contributed by atoms with van der Waals surface area (Å²) in [6.45, 7) is 0.643. The minimum Gasteiger partial charge on any atom is -0.477 e. The van der Waals surface area contributed by atoms with Gasteiger partial charge in [0.15, 0.2) is 0 Å². The first-order valence-corrected chi connectivity index (χ1v) is 6.14. The summed E-state index contributed by atoms with van der Waals surface area (Å²) >= 11 is 5.00. The summed E-state index contributed by atoms with van der Waals surface area (Å²) in [4.78, 5) is 9.25. The van der Waals surface area contributed by atoms with Crippen LogP contribution in [0.2, 0.25) is 0 Å². The van der Waals surface area contributed by atoms with Crippen LogP contribution >= 0.6 is 27.3 Å². The molecule has 0 saturated heterocycles. The van der Waals surface area contributed by atoms with Crippen LogP contribution in [-0.4, -0.2) is 16.6 Å². The maximum absolute atomic E-state index is 5.49. The highest BCUT2D eigenvalue weighted by molar-refractivity contribution is 9.10. The van der Waals surface area contributed by atoms with Crippen LogP contribution in [0.4, 0.5) is 0 Å². The fourth-order valence-corrected chi connectivity index (χ4v) is 2.08. The molecule has 2 rings (SSSR count). The van der Waals surface area contributed by atoms with Crippen molar-refractivity contribution < 1.29 is 4.74 Å². The first kappa shape index (κ1) is 10.6. The molecule has 5 heteroatoms. The molecule has 15 heavy (non-hydrogen) atoms. The molecule has 78 valence electrons. The van der Waals surface area contributed by atoms with Crippen molar-refractivity contribution in [1.82, 2.24) is 9.97 Å². The third-order valence-electron chi connectivity index (χ3n) is 1.79. The molecule has 0 saturated carbocycles. The number of halogens is 1. The van der Waals surface area contributed by atoms with Gasteiger partial charge in [-0.15, -0.1) is 11.3 Å². The molecule has 0 atom stereocenters. The van der Waals surface area contributed by atoms with E-state index in [1.54, 1.807) is 17.4 Å². The second kappa shape index (κ2) is 5.23. The molecule has 0 aromatic carbocycles. The number of nitrogens with zero attached hydrogens (tertiary/aromatic N) is 2. The van der Waals surface area contributed by atoms with Crippen molar-refractivity contribution in [3.05, 3.63) is 39.4 Å². The quantitative estimate of drug-likeness (QED) is 0.810. The maximum Gasteiger partial charge on any atom is 0.217 e. The van der Waals surface area contributed by atoms with E-state index in [-0.39, 0.29) is 0 Å². The van der Waals surface area contributed by atoms with Gasteiger partial charge in [-0.1, -0.05) is 6.07 Å². The Balaban J connectivity index is 1.83. The Morgan fingerprint density at radius 1 is 1.40 bits per heavy atom. The zero-order valence-electron chi connectivity index (χ0n) is 7.89. The number of rotatable bonds is 4. The van der Waals surface area contributed by atoms with Gasteiger partial charge in [-0.25, -0.2) is 9.97 Å². The standard InChI is InChI=1S/C10H9BrN2OS/c11-9-6-10(13-7-12-9)14-4-3-8-2-1-5-15-8/h1-2,5-7H,3-4H2. The Kier molecular flexibility index (Phi) is 3.69. The fourth-order valence-electron chi connectivity index (χ4n) is 1.11. The molecule has 0 amide bonds. The van der Waals surface area contributed by atoms with E-state index in [4.69, 9.17) is 4.74 Å². The van der Waals surface area contributed by atoms with E-state index in [0.717, 1.165) is 11.0 Å². The van der Waals surface area contributed by atoms with Crippen LogP contribution in [-0.2, 0) is 6.42 Å². The highest BCUT2D eigenvalue weighted by Crippen LogP contribution is 2.13. The third-order valence-corrected chi connectivity index (χ3v) is 3.16. The molecule has 0 aliphatic rings. The average molecular weight is 285 g/mol. The van der Waals surface area contributed by atoms with Crippen LogP contribution in [0.25, 0.3) is 0 Å². The van der Waals surface area contributed by atoms with Gasteiger partial charge < -0.3 is 4.74 Å². The molecule has 0 bridgehead atoms. The van der Waals surface area contributed by atoms with Gasteiger partial charge in [0.2, 0.25) is 5.88 Å². The van der Waals surface area contributed by atoms with Crippen molar-refractivity contribution in [2.24, 2.45) is 0 Å². The summed E-state index contributed by atoms with van der Waals surface area (Å²) in [5.41, 5.74) is 0. The average Bonchev–Trinajstić information content (AvgIpc) is 2.71. The largest absolute Gasteiger partial charge is 0.477 e. The molecule has 0 spiro atoms. The zero-order chi connectivity index (χ0) is 10.5. The van der Waals surface area contributed by atoms with E-state index in [2.05, 4.69) is 37.3 Å². The SMILES string of the molecule is Brc1cc(OCCc2cccs2)ncn1. The normalized spacial score (nSPS) is 10.2. The summed E-state index contributed by atoms with van der Waals surface area (Å²) in [5.74, 6) is 0.605. The lowest BCUT2D eigenvalue weighted by Gasteiger charge is -2.03. The molecule has 3 nitrogen and oxygen atoms in total. The molecule has 2 heterocycles. The molecule has 0 N–H and O–H groups in total. The van der Waals surface area contributed by atoms with Crippen LogP contribution in [0.1, 0.15) is 4.88 Å². The van der Waals surface area contributed by atoms with Crippen LogP contribution in [0.15, 0.2) is 34.5 Å². The molecule has 0 radical (unpaired) electrons. The molecular weight excluding hydrogens is 276 g/mol. The molecule has 0 unspecified atom stereocenters. The van der Waals surface area contributed by atoms with E-state index >= 15 is 0 Å². The topological polar surface area (TPSA) is 35.0 Å². The highest BCUT2D eigenvalue weighted by atomic mass is 79.9. The lowest BCUT2D eigenvalue weighted by Crippen LogP contribution is -2.01. The van der Waals surface area contributed by atoms with E-state index in [1.807, 2.05) is 6.07 Å². The van der Waals surface area contributed by atoms with Crippen molar-refractivity contribution in [1.29, 1.82) is 0 Å². The first-order valence-electron chi connectivity index (χ1n) is 4.47. The monoisotopic (exact) mass is 284 g/mol. The fraction of sp³-hybridized carbons (Fsp3) is 0.200. The number of hydrogen-bond acceptors (Lipinski definition) is 4. The summed E-state index contributed by atoms with van der Waals surface area (Å²) in [5, 5.41) is 2.07. The Hall–Kier alpha value is -0.940. The molecule has 2 aromatic heterocycles. The Morgan fingerprint density at radius 2 is 2.33 bits per heavy atom. The molecule has 0 aliphatic heterocycles. The summed E-state index contributed by atoms with van der Waals surface area (Å²) in [6, 6.07) is 5.90. The van der Waals surface area contributed by atoms with Crippen LogP contribution in [0, 0.1) is 0 Å². The first-order chi connectivity index (χ1) is 7.34. The van der Waals surface area contributed by atoms with Crippen LogP contribution in [0.5, 0.6) is 5.88 Å². The lowest BCUT2D eigenvalue weighted by molar-refractivity contribution is 0.309. The summed E-state index contributed by atoms with van der Waals surface area (Å²) in [6.07, 6.45) is 2.39. The Labute approximate surface area is 100 Å². The van der Waals surface area contributed by atoms with E-state index < -0.39 is 0 Å². The van der Waals surface area contributed by atoms with Gasteiger partial charge in [0.1, 0.15) is 10.9 Å². The van der Waals surface area contributed by atoms with Gasteiger partial charge in [-0.3, -0.25) is 0 Å². The van der Waals surface area contributed by atoms with Crippen molar-refractivity contribution in [3.63, 3.8) is 0 Å². The zero-order valence-corrected chi connectivity index (χ0v) is 10.3. The second-order valence-corrected chi connectivity index (χ2v) is 4.70. The molecule has 0 aliphatic carbocycles. The van der Waals surface area contributed by atoms with Crippen LogP contribution in [0.3, 0.4) is 0 Å². The van der Waals surface area contributed by atoms with Gasteiger partial charge in [-0.2, -0.15) is 0 Å². The number of ether oxygens (including phenoxy) is 1. The van der Waals surface area contributed by atoms with Crippen molar-refractivity contribution >= 4 is 27.3 Å². The Morgan fingerprint density at radius 3 is 3.07 bits per heavy atom. The van der Waals surface area contributed by atoms with E-state index in [0.29, 0.717) is 12.5 Å². The molecule has 0 fully saturated rings. The van der Waals surface area contributed by atoms with Crippen LogP contribution < -0.4 is 4.74 Å². The number of hydrogen-bond donors (Lipinski definition) is 0. The number of aromatic nitrogens is 2. The summed E-state index contributed by atoms with van der Waals surface area (Å²) < 4.78 is 6.23. The predicted octanol–water partition coefficient (Wildman–Crippen LogP) is 2.92. The Bertz CT molecular complexity index is 419. The van der Waals surface area contributed by atoms with Crippen molar-refractivity contribution in [3.8, 4) is 5.88 Å². The maximum atomic E-state index is 5.49. The molecular formula is C10H9BrN2OS. The smallest absolute Gasteiger partial charge is 0.217 e. The van der Waals surface area contributed by atoms with Crippen molar-refractivity contribution in [2.45, 2.75) is 6.42 Å². The predicted molar refractivity (Wildman–Crippen MR) is 63.3 cm³/mol. The van der Waals surface area contributed by atoms with Gasteiger partial charge in [-0.05, 0) is 27.4 Å².